The zero-order chi connectivity index (χ0) is 38.8. The average molecular weight is 733 g/mol. The maximum absolute atomic E-state index is 13.4. The molecule has 0 fully saturated rings. The van der Waals surface area contributed by atoms with Crippen molar-refractivity contribution >= 4 is 34.9 Å². The van der Waals surface area contributed by atoms with Gasteiger partial charge in [-0.15, -0.1) is 11.3 Å². The van der Waals surface area contributed by atoms with Gasteiger partial charge in [-0.2, -0.15) is 5.10 Å². The van der Waals surface area contributed by atoms with Crippen LogP contribution in [-0.2, 0) is 20.7 Å². The van der Waals surface area contributed by atoms with Crippen LogP contribution in [0.15, 0.2) is 40.8 Å². The van der Waals surface area contributed by atoms with Crippen LogP contribution in [-0.4, -0.2) is 72.3 Å². The molecule has 1 aromatic carbocycles. The average Bonchev–Trinajstić information content (AvgIpc) is 3.61. The van der Waals surface area contributed by atoms with Crippen molar-refractivity contribution in [1.29, 1.82) is 0 Å². The molecular weight excluding hydrogens is 665 g/mol. The van der Waals surface area contributed by atoms with Crippen LogP contribution in [0.1, 0.15) is 127 Å². The van der Waals surface area contributed by atoms with E-state index in [1.807, 2.05) is 35.2 Å². The van der Waals surface area contributed by atoms with Gasteiger partial charge in [-0.05, 0) is 43.7 Å². The number of amides is 3. The molecule has 4 atom stereocenters. The minimum absolute atomic E-state index is 0.00893. The van der Waals surface area contributed by atoms with Gasteiger partial charge in [0.1, 0.15) is 22.6 Å². The third-order valence-corrected chi connectivity index (χ3v) is 9.07. The molecule has 13 heteroatoms. The number of amidine groups is 1. The SMILES string of the molecule is CCCC.CCCOC(CC(C(C)C)N(CCC)C(=O)C[C@@H](C)CC)c1nc(C(=O)NC(Cc2ccccc2)/C(N)=N/N)cs1.CNCC(N)=O. The Bertz CT molecular complexity index is 1260. The van der Waals surface area contributed by atoms with Gasteiger partial charge in [0, 0.05) is 37.4 Å². The third kappa shape index (κ3) is 19.6. The minimum atomic E-state index is -0.573. The molecule has 0 aliphatic rings. The molecule has 1 aromatic heterocycles. The van der Waals surface area contributed by atoms with Crippen molar-refractivity contribution in [1.82, 2.24) is 20.5 Å². The first kappa shape index (κ1) is 47.4. The van der Waals surface area contributed by atoms with Crippen LogP contribution in [0.3, 0.4) is 0 Å². The summed E-state index contributed by atoms with van der Waals surface area (Å²) in [5.41, 5.74) is 12.0. The van der Waals surface area contributed by atoms with Crippen molar-refractivity contribution in [2.75, 3.05) is 26.7 Å². The van der Waals surface area contributed by atoms with Crippen LogP contribution in [0.2, 0.25) is 0 Å². The standard InChI is InChI=1S/C31H50N6O3S.C4H10.C3H8N2O/c1-7-15-37(28(38)17-22(6)9-3)26(21(4)5)19-27(40-16-8-2)31-35-25(20-41-31)30(39)34-24(29(32)36-33)18-23-13-11-10-12-14-23;1-3-4-2;1-5-2-3(4)6/h10-14,20-22,24,26-27H,7-9,15-19,33H2,1-6H3,(H2,32,36)(H,34,39);3-4H2,1-2H3;5H,2H2,1H3,(H2,4,6)/t22-,24?,26?,27?;;/m0../s1. The van der Waals surface area contributed by atoms with Crippen LogP contribution in [0, 0.1) is 11.8 Å². The number of hydrazone groups is 1. The largest absolute Gasteiger partial charge is 0.384 e. The van der Waals surface area contributed by atoms with E-state index in [-0.39, 0.29) is 53.9 Å². The molecule has 0 spiro atoms. The van der Waals surface area contributed by atoms with E-state index in [1.165, 1.54) is 24.2 Å². The van der Waals surface area contributed by atoms with E-state index in [0.717, 1.165) is 29.8 Å². The number of ether oxygens (including phenoxy) is 1. The van der Waals surface area contributed by atoms with Gasteiger partial charge >= 0.3 is 0 Å². The molecule has 3 amide bonds. The molecule has 0 aliphatic carbocycles. The molecule has 0 radical (unpaired) electrons. The molecule has 3 unspecified atom stereocenters. The lowest BCUT2D eigenvalue weighted by molar-refractivity contribution is -0.136. The summed E-state index contributed by atoms with van der Waals surface area (Å²) in [6.45, 7) is 18.6. The summed E-state index contributed by atoms with van der Waals surface area (Å²) in [6, 6.07) is 9.12. The van der Waals surface area contributed by atoms with E-state index < -0.39 is 6.04 Å². The van der Waals surface area contributed by atoms with E-state index in [2.05, 4.69) is 71.1 Å². The Balaban J connectivity index is 0.00000219. The van der Waals surface area contributed by atoms with Gasteiger partial charge in [-0.1, -0.05) is 105 Å². The number of likely N-dealkylation sites (N-methyl/N-ethyl adjacent to an activating group) is 1. The monoisotopic (exact) mass is 733 g/mol. The number of carbonyl (C=O) groups is 3. The molecule has 2 aromatic rings. The van der Waals surface area contributed by atoms with Gasteiger partial charge in [0.2, 0.25) is 11.8 Å². The van der Waals surface area contributed by atoms with E-state index in [4.69, 9.17) is 27.0 Å². The lowest BCUT2D eigenvalue weighted by Gasteiger charge is -2.37. The Morgan fingerprint density at radius 1 is 0.980 bits per heavy atom. The van der Waals surface area contributed by atoms with Gasteiger partial charge in [-0.25, -0.2) is 4.98 Å². The zero-order valence-corrected chi connectivity index (χ0v) is 33.6. The molecule has 0 saturated heterocycles. The summed E-state index contributed by atoms with van der Waals surface area (Å²) in [4.78, 5) is 43.1. The number of nitrogens with two attached hydrogens (primary N) is 3. The van der Waals surface area contributed by atoms with E-state index in [0.29, 0.717) is 38.3 Å². The normalized spacial score (nSPS) is 13.5. The number of hydrogen-bond donors (Lipinski definition) is 5. The predicted molar refractivity (Wildman–Crippen MR) is 211 cm³/mol. The highest BCUT2D eigenvalue weighted by atomic mass is 32.1. The summed E-state index contributed by atoms with van der Waals surface area (Å²) >= 11 is 1.40. The number of nitrogens with zero attached hydrogens (tertiary/aromatic N) is 3. The van der Waals surface area contributed by atoms with Crippen molar-refractivity contribution in [3.63, 3.8) is 0 Å². The van der Waals surface area contributed by atoms with Crippen LogP contribution in [0.5, 0.6) is 0 Å². The maximum Gasteiger partial charge on any atom is 0.271 e. The van der Waals surface area contributed by atoms with Crippen molar-refractivity contribution in [3.05, 3.63) is 52.0 Å². The van der Waals surface area contributed by atoms with Gasteiger partial charge in [0.05, 0.1) is 12.6 Å². The Hall–Kier alpha value is -3.55. The zero-order valence-electron chi connectivity index (χ0n) is 32.7. The molecule has 0 saturated carbocycles. The molecule has 0 aliphatic heterocycles. The second kappa shape index (κ2) is 28.1. The highest BCUT2D eigenvalue weighted by molar-refractivity contribution is 7.09. The molecule has 290 valence electrons. The van der Waals surface area contributed by atoms with E-state index in [9.17, 15) is 14.4 Å². The lowest BCUT2D eigenvalue weighted by atomic mass is 9.94. The maximum atomic E-state index is 13.4. The number of nitrogens with one attached hydrogen (secondary N) is 2. The molecule has 0 bridgehead atoms. The van der Waals surface area contributed by atoms with Gasteiger partial charge in [-0.3, -0.25) is 14.4 Å². The second-order valence-electron chi connectivity index (χ2n) is 13.0. The number of aromatic nitrogens is 1. The summed E-state index contributed by atoms with van der Waals surface area (Å²) in [5, 5.41) is 11.6. The first-order valence-corrected chi connectivity index (χ1v) is 19.4. The van der Waals surface area contributed by atoms with Crippen molar-refractivity contribution < 1.29 is 19.1 Å². The summed E-state index contributed by atoms with van der Waals surface area (Å²) in [7, 11) is 1.67. The van der Waals surface area contributed by atoms with Gasteiger partial charge in [0.25, 0.3) is 5.91 Å². The fraction of sp³-hybridized carbons (Fsp3) is 0.658. The van der Waals surface area contributed by atoms with Crippen LogP contribution in [0.25, 0.3) is 0 Å². The smallest absolute Gasteiger partial charge is 0.271 e. The minimum Gasteiger partial charge on any atom is -0.384 e. The molecule has 2 rings (SSSR count). The summed E-state index contributed by atoms with van der Waals surface area (Å²) in [6.07, 6.45) is 6.62. The Morgan fingerprint density at radius 2 is 1.63 bits per heavy atom. The Kier molecular flexibility index (Phi) is 26.1. The van der Waals surface area contributed by atoms with Crippen LogP contribution in [0.4, 0.5) is 0 Å². The highest BCUT2D eigenvalue weighted by Gasteiger charge is 2.31. The number of benzene rings is 1. The van der Waals surface area contributed by atoms with Crippen molar-refractivity contribution in [2.24, 2.45) is 34.2 Å². The quantitative estimate of drug-likeness (QED) is 0.0462. The topological polar surface area (TPSA) is 191 Å². The second-order valence-corrected chi connectivity index (χ2v) is 13.9. The molecule has 51 heavy (non-hydrogen) atoms. The van der Waals surface area contributed by atoms with Crippen LogP contribution < -0.4 is 27.9 Å². The highest BCUT2D eigenvalue weighted by Crippen LogP contribution is 2.31. The molecule has 1 heterocycles. The number of unbranched alkanes of at least 4 members (excludes halogenated alkanes) is 1. The number of primary amides is 1. The van der Waals surface area contributed by atoms with Crippen molar-refractivity contribution in [2.45, 2.75) is 125 Å². The predicted octanol–water partition coefficient (Wildman–Crippen LogP) is 5.77. The van der Waals surface area contributed by atoms with E-state index in [1.54, 1.807) is 12.4 Å². The third-order valence-electron chi connectivity index (χ3n) is 8.13. The summed E-state index contributed by atoms with van der Waals surface area (Å²) in [5.74, 6) is 5.68. The molecular formula is C38H68N8O4S. The van der Waals surface area contributed by atoms with Crippen molar-refractivity contribution in [3.8, 4) is 0 Å². The fourth-order valence-electron chi connectivity index (χ4n) is 4.87. The lowest BCUT2D eigenvalue weighted by Crippen LogP contribution is -2.46. The number of rotatable bonds is 21. The molecule has 12 nitrogen and oxygen atoms in total. The number of carbonyl (C=O) groups excluding carboxylic acids is 3. The summed E-state index contributed by atoms with van der Waals surface area (Å²) < 4.78 is 6.30. The Morgan fingerprint density at radius 3 is 2.10 bits per heavy atom. The fourth-order valence-corrected chi connectivity index (χ4v) is 5.73. The van der Waals surface area contributed by atoms with Gasteiger partial charge < -0.3 is 37.6 Å². The van der Waals surface area contributed by atoms with E-state index >= 15 is 0 Å². The van der Waals surface area contributed by atoms with Crippen LogP contribution >= 0.6 is 11.3 Å². The first-order valence-electron chi connectivity index (χ1n) is 18.5. The first-order chi connectivity index (χ1) is 24.3. The number of thiazole rings is 1. The Labute approximate surface area is 311 Å². The van der Waals surface area contributed by atoms with Gasteiger partial charge in [0.15, 0.2) is 0 Å². The number of hydrogen-bond acceptors (Lipinski definition) is 9. The molecule has 8 N–H and O–H groups in total.